The number of alkyl halides is 3. The van der Waals surface area contributed by atoms with Crippen LogP contribution in [0.4, 0.5) is 13.2 Å². The molecule has 0 unspecified atom stereocenters. The molecule has 1 saturated heterocycles. The van der Waals surface area contributed by atoms with Crippen LogP contribution in [0.5, 0.6) is 5.75 Å². The lowest BCUT2D eigenvalue weighted by molar-refractivity contribution is -0.232. The van der Waals surface area contributed by atoms with Crippen molar-refractivity contribution in [2.75, 3.05) is 12.9 Å². The second-order valence-electron chi connectivity index (χ2n) is 7.92. The molecule has 0 spiro atoms. The van der Waals surface area contributed by atoms with Crippen LogP contribution in [-0.4, -0.2) is 71.6 Å². The molecule has 1 aliphatic rings. The number of thioether (sulfide) groups is 1. The Balaban J connectivity index is 1.93. The zero-order valence-electron chi connectivity index (χ0n) is 18.6. The van der Waals surface area contributed by atoms with Gasteiger partial charge in [-0.2, -0.15) is 26.9 Å². The molecule has 5 atom stereocenters. The van der Waals surface area contributed by atoms with Gasteiger partial charge in [0.1, 0.15) is 36.3 Å². The molecule has 3 rings (SSSR count). The van der Waals surface area contributed by atoms with Crippen molar-refractivity contribution in [3.05, 3.63) is 58.7 Å². The van der Waals surface area contributed by atoms with E-state index >= 15 is 0 Å². The summed E-state index contributed by atoms with van der Waals surface area (Å²) in [4.78, 5) is 0.542. The van der Waals surface area contributed by atoms with E-state index in [2.05, 4.69) is 10.3 Å². The third-order valence-electron chi connectivity index (χ3n) is 5.58. The molecule has 0 aromatic heterocycles. The van der Waals surface area contributed by atoms with E-state index in [0.29, 0.717) is 21.6 Å². The summed E-state index contributed by atoms with van der Waals surface area (Å²) in [7, 11) is -5.82. The summed E-state index contributed by atoms with van der Waals surface area (Å²) in [5.41, 5.74) is -3.98. The number of rotatable bonds is 7. The van der Waals surface area contributed by atoms with Crippen LogP contribution in [0.3, 0.4) is 0 Å². The second-order valence-corrected chi connectivity index (χ2v) is 10.3. The highest BCUT2D eigenvalue weighted by Gasteiger charge is 2.48. The summed E-state index contributed by atoms with van der Waals surface area (Å²) >= 11 is 1.24. The van der Waals surface area contributed by atoms with Crippen molar-refractivity contribution in [2.45, 2.75) is 47.3 Å². The SMILES string of the molecule is CSc1cc(C#N)c(Cc2ccc(OS(=O)(=O)C(F)(F)F)cc2)cc1[C@@H]1O[C@H](CO)[C@@H](O)[C@H](O)[C@H]1O. The first-order valence-electron chi connectivity index (χ1n) is 10.3. The molecular weight excluding hydrogens is 527 g/mol. The molecule has 0 aliphatic carbocycles. The topological polar surface area (TPSA) is 157 Å². The lowest BCUT2D eigenvalue weighted by Crippen LogP contribution is -2.55. The van der Waals surface area contributed by atoms with Crippen molar-refractivity contribution in [3.63, 3.8) is 0 Å². The highest BCUT2D eigenvalue weighted by molar-refractivity contribution is 7.98. The van der Waals surface area contributed by atoms with Gasteiger partial charge in [0.05, 0.1) is 18.2 Å². The molecule has 1 heterocycles. The lowest BCUT2D eigenvalue weighted by Gasteiger charge is -2.40. The average molecular weight is 550 g/mol. The van der Waals surface area contributed by atoms with E-state index in [1.807, 2.05) is 0 Å². The number of hydrogen-bond donors (Lipinski definition) is 4. The molecule has 196 valence electrons. The maximum Gasteiger partial charge on any atom is 0.534 e. The number of nitriles is 1. The van der Waals surface area contributed by atoms with E-state index < -0.39 is 58.5 Å². The molecule has 0 bridgehead atoms. The van der Waals surface area contributed by atoms with Gasteiger partial charge < -0.3 is 29.3 Å². The number of nitrogens with zero attached hydrogens (tertiary/aromatic N) is 1. The number of halogens is 3. The van der Waals surface area contributed by atoms with Gasteiger partial charge >= 0.3 is 15.6 Å². The van der Waals surface area contributed by atoms with Gasteiger partial charge in [-0.05, 0) is 47.6 Å². The van der Waals surface area contributed by atoms with Gasteiger partial charge in [0.25, 0.3) is 0 Å². The quantitative estimate of drug-likeness (QED) is 0.227. The number of benzene rings is 2. The summed E-state index contributed by atoms with van der Waals surface area (Å²) in [5, 5.41) is 49.9. The smallest absolute Gasteiger partial charge is 0.394 e. The summed E-state index contributed by atoms with van der Waals surface area (Å²) < 4.78 is 69.7. The van der Waals surface area contributed by atoms with Crippen LogP contribution in [-0.2, 0) is 21.3 Å². The molecule has 0 radical (unpaired) electrons. The van der Waals surface area contributed by atoms with Gasteiger partial charge in [-0.3, -0.25) is 0 Å². The normalized spacial score (nSPS) is 24.8. The maximum atomic E-state index is 12.5. The van der Waals surface area contributed by atoms with Crippen LogP contribution in [0.15, 0.2) is 41.3 Å². The maximum absolute atomic E-state index is 12.5. The zero-order valence-corrected chi connectivity index (χ0v) is 20.2. The minimum absolute atomic E-state index is 0.0915. The minimum Gasteiger partial charge on any atom is -0.394 e. The summed E-state index contributed by atoms with van der Waals surface area (Å²) in [6.45, 7) is -0.613. The number of aliphatic hydroxyl groups excluding tert-OH is 4. The average Bonchev–Trinajstić information content (AvgIpc) is 2.83. The van der Waals surface area contributed by atoms with E-state index in [-0.39, 0.29) is 12.0 Å². The molecule has 14 heteroatoms. The lowest BCUT2D eigenvalue weighted by atomic mass is 9.89. The molecule has 0 amide bonds. The highest BCUT2D eigenvalue weighted by atomic mass is 32.2. The van der Waals surface area contributed by atoms with Gasteiger partial charge in [-0.15, -0.1) is 11.8 Å². The molecule has 9 nitrogen and oxygen atoms in total. The van der Waals surface area contributed by atoms with E-state index in [1.165, 1.54) is 23.9 Å². The Morgan fingerprint density at radius 3 is 2.28 bits per heavy atom. The van der Waals surface area contributed by atoms with Crippen molar-refractivity contribution in [1.82, 2.24) is 0 Å². The third-order valence-corrected chi connectivity index (χ3v) is 7.35. The summed E-state index contributed by atoms with van der Waals surface area (Å²) in [6, 6.07) is 9.91. The number of ether oxygens (including phenoxy) is 1. The fourth-order valence-electron chi connectivity index (χ4n) is 3.71. The molecule has 1 aliphatic heterocycles. The van der Waals surface area contributed by atoms with E-state index in [1.54, 1.807) is 18.4 Å². The molecule has 36 heavy (non-hydrogen) atoms. The van der Waals surface area contributed by atoms with Crippen LogP contribution >= 0.6 is 11.8 Å². The van der Waals surface area contributed by atoms with Gasteiger partial charge in [0, 0.05) is 4.90 Å². The van der Waals surface area contributed by atoms with E-state index in [9.17, 15) is 47.3 Å². The monoisotopic (exact) mass is 549 g/mol. The first kappa shape index (κ1) is 28.2. The van der Waals surface area contributed by atoms with Crippen molar-refractivity contribution in [3.8, 4) is 11.8 Å². The van der Waals surface area contributed by atoms with Crippen LogP contribution in [0.2, 0.25) is 0 Å². The number of hydrogen-bond acceptors (Lipinski definition) is 10. The van der Waals surface area contributed by atoms with Gasteiger partial charge in [0.2, 0.25) is 0 Å². The van der Waals surface area contributed by atoms with Crippen molar-refractivity contribution >= 4 is 21.9 Å². The van der Waals surface area contributed by atoms with E-state index in [4.69, 9.17) is 4.74 Å². The van der Waals surface area contributed by atoms with Gasteiger partial charge in [0.15, 0.2) is 0 Å². The molecule has 4 N–H and O–H groups in total. The van der Waals surface area contributed by atoms with E-state index in [0.717, 1.165) is 12.1 Å². The standard InChI is InChI=1S/C22H22F3NO8S2/c1-35-17-8-13(9-26)12(7-15(17)21-20(30)19(29)18(28)16(10-27)33-21)6-11-2-4-14(5-3-11)34-36(31,32)22(23,24)25/h2-5,7-8,16,18-21,27-30H,6,10H2,1H3/t16-,18-,19+,20-,21+/m1/s1. The Labute approximate surface area is 208 Å². The first-order chi connectivity index (χ1) is 16.8. The molecule has 1 fully saturated rings. The molecule has 0 saturated carbocycles. The van der Waals surface area contributed by atoms with Crippen LogP contribution in [0.1, 0.15) is 28.4 Å². The minimum atomic E-state index is -5.82. The molecule has 2 aromatic rings. The number of aliphatic hydroxyl groups is 4. The van der Waals surface area contributed by atoms with Crippen molar-refractivity contribution < 1.29 is 50.9 Å². The molecule has 2 aromatic carbocycles. The van der Waals surface area contributed by atoms with Crippen LogP contribution < -0.4 is 4.18 Å². The van der Waals surface area contributed by atoms with Crippen LogP contribution in [0, 0.1) is 11.3 Å². The largest absolute Gasteiger partial charge is 0.534 e. The second kappa shape index (κ2) is 10.9. The predicted molar refractivity (Wildman–Crippen MR) is 121 cm³/mol. The summed E-state index contributed by atoms with van der Waals surface area (Å²) in [5.74, 6) is -0.545. The Bertz CT molecular complexity index is 1230. The summed E-state index contributed by atoms with van der Waals surface area (Å²) in [6.07, 6.45) is -5.15. The fourth-order valence-corrected chi connectivity index (χ4v) is 4.81. The third kappa shape index (κ3) is 5.78. The highest BCUT2D eigenvalue weighted by Crippen LogP contribution is 2.38. The van der Waals surface area contributed by atoms with Crippen molar-refractivity contribution in [1.29, 1.82) is 5.26 Å². The Kier molecular flexibility index (Phi) is 8.56. The predicted octanol–water partition coefficient (Wildman–Crippen LogP) is 1.61. The Morgan fingerprint density at radius 2 is 1.75 bits per heavy atom. The first-order valence-corrected chi connectivity index (χ1v) is 13.0. The van der Waals surface area contributed by atoms with Crippen LogP contribution in [0.25, 0.3) is 0 Å². The Hall–Kier alpha value is -2.38. The Morgan fingerprint density at radius 1 is 1.11 bits per heavy atom. The molecular formula is C22H22F3NO8S2. The zero-order chi connectivity index (χ0) is 26.8. The van der Waals surface area contributed by atoms with Crippen molar-refractivity contribution in [2.24, 2.45) is 0 Å². The fraction of sp³-hybridized carbons (Fsp3) is 0.409. The van der Waals surface area contributed by atoms with Gasteiger partial charge in [-0.1, -0.05) is 18.2 Å². The van der Waals surface area contributed by atoms with Gasteiger partial charge in [-0.25, -0.2) is 0 Å².